The standard InChI is InChI=1S/C27H29N7O3S/c1-7-17-14-22(23(37-5)15-18(17)8-2)32-27-30-16-19(9-3)26(33-27)31-21-11-10-20-24(29-13-12-28-20)25(21)34(4)38(6,35)36/h8-16H,2-3,7H2,1,4-6H3,(H2,30,31,32,33). The number of sulfonamides is 1. The van der Waals surface area contributed by atoms with Crippen LogP contribution in [0.1, 0.15) is 23.6 Å². The molecule has 0 saturated carbocycles. The van der Waals surface area contributed by atoms with Crippen LogP contribution < -0.4 is 19.7 Å². The maximum absolute atomic E-state index is 12.5. The molecule has 0 unspecified atom stereocenters. The Hall–Kier alpha value is -4.51. The molecule has 38 heavy (non-hydrogen) atoms. The number of ether oxygens (including phenoxy) is 1. The predicted octanol–water partition coefficient (Wildman–Crippen LogP) is 5.16. The topological polar surface area (TPSA) is 122 Å². The minimum atomic E-state index is -3.61. The van der Waals surface area contributed by atoms with Gasteiger partial charge in [0.2, 0.25) is 16.0 Å². The fourth-order valence-corrected chi connectivity index (χ4v) is 4.48. The summed E-state index contributed by atoms with van der Waals surface area (Å²) in [6.45, 7) is 9.81. The van der Waals surface area contributed by atoms with Crippen molar-refractivity contribution in [3.8, 4) is 5.75 Å². The molecule has 196 valence electrons. The number of nitrogens with one attached hydrogen (secondary N) is 2. The van der Waals surface area contributed by atoms with E-state index in [-0.39, 0.29) is 0 Å². The lowest BCUT2D eigenvalue weighted by atomic mass is 10.0. The van der Waals surface area contributed by atoms with Gasteiger partial charge in [-0.05, 0) is 41.8 Å². The first kappa shape index (κ1) is 26.6. The average molecular weight is 532 g/mol. The first-order valence-corrected chi connectivity index (χ1v) is 13.6. The van der Waals surface area contributed by atoms with Crippen LogP contribution in [0.15, 0.2) is 56.0 Å². The van der Waals surface area contributed by atoms with Crippen LogP contribution in [0, 0.1) is 0 Å². The van der Waals surface area contributed by atoms with Crippen molar-refractivity contribution in [1.29, 1.82) is 0 Å². The molecule has 0 aliphatic carbocycles. The lowest BCUT2D eigenvalue weighted by Gasteiger charge is -2.22. The second kappa shape index (κ2) is 10.9. The molecule has 0 bridgehead atoms. The van der Waals surface area contributed by atoms with E-state index >= 15 is 0 Å². The molecule has 11 heteroatoms. The van der Waals surface area contributed by atoms with Gasteiger partial charge in [0.1, 0.15) is 22.8 Å². The van der Waals surface area contributed by atoms with Gasteiger partial charge in [0.05, 0.1) is 30.3 Å². The van der Waals surface area contributed by atoms with Crippen LogP contribution in [0.25, 0.3) is 23.2 Å². The number of hydrogen-bond acceptors (Lipinski definition) is 9. The number of hydrogen-bond donors (Lipinski definition) is 2. The molecule has 0 saturated heterocycles. The average Bonchev–Trinajstić information content (AvgIpc) is 2.92. The highest BCUT2D eigenvalue weighted by Crippen LogP contribution is 2.36. The highest BCUT2D eigenvalue weighted by molar-refractivity contribution is 7.92. The molecule has 0 spiro atoms. The summed E-state index contributed by atoms with van der Waals surface area (Å²) >= 11 is 0. The smallest absolute Gasteiger partial charge is 0.232 e. The van der Waals surface area contributed by atoms with Gasteiger partial charge in [0, 0.05) is 31.2 Å². The Labute approximate surface area is 222 Å². The summed E-state index contributed by atoms with van der Waals surface area (Å²) in [4.78, 5) is 17.8. The Kier molecular flexibility index (Phi) is 7.58. The Morgan fingerprint density at radius 2 is 1.76 bits per heavy atom. The molecule has 2 aromatic heterocycles. The van der Waals surface area contributed by atoms with Crippen LogP contribution in [0.4, 0.5) is 28.8 Å². The van der Waals surface area contributed by atoms with E-state index in [1.165, 1.54) is 17.5 Å². The second-order valence-corrected chi connectivity index (χ2v) is 10.4. The lowest BCUT2D eigenvalue weighted by molar-refractivity contribution is 0.416. The van der Waals surface area contributed by atoms with Crippen molar-refractivity contribution in [3.63, 3.8) is 0 Å². The summed E-state index contributed by atoms with van der Waals surface area (Å²) in [5.41, 5.74) is 5.20. The van der Waals surface area contributed by atoms with E-state index in [0.717, 1.165) is 23.8 Å². The van der Waals surface area contributed by atoms with E-state index in [4.69, 9.17) is 4.74 Å². The minimum absolute atomic E-state index is 0.309. The normalized spacial score (nSPS) is 11.2. The predicted molar refractivity (Wildman–Crippen MR) is 154 cm³/mol. The number of benzene rings is 2. The molecule has 10 nitrogen and oxygen atoms in total. The van der Waals surface area contributed by atoms with Gasteiger partial charge >= 0.3 is 0 Å². The molecule has 0 fully saturated rings. The van der Waals surface area contributed by atoms with Gasteiger partial charge in [0.25, 0.3) is 0 Å². The number of fused-ring (bicyclic) bond motifs is 1. The molecule has 2 aromatic carbocycles. The van der Waals surface area contributed by atoms with E-state index < -0.39 is 10.0 Å². The first-order valence-electron chi connectivity index (χ1n) is 11.7. The number of aryl methyl sites for hydroxylation is 1. The number of aromatic nitrogens is 4. The number of methoxy groups -OCH3 is 1. The highest BCUT2D eigenvalue weighted by Gasteiger charge is 2.21. The fourth-order valence-electron chi connectivity index (χ4n) is 3.96. The third kappa shape index (κ3) is 5.28. The second-order valence-electron chi connectivity index (χ2n) is 8.38. The molecule has 4 aromatic rings. The van der Waals surface area contributed by atoms with E-state index in [1.807, 2.05) is 12.1 Å². The van der Waals surface area contributed by atoms with Gasteiger partial charge < -0.3 is 15.4 Å². The first-order chi connectivity index (χ1) is 18.2. The molecule has 0 aliphatic heterocycles. The molecule has 2 heterocycles. The molecule has 0 amide bonds. The summed E-state index contributed by atoms with van der Waals surface area (Å²) < 4.78 is 31.7. The molecule has 4 rings (SSSR count). The van der Waals surface area contributed by atoms with Crippen molar-refractivity contribution in [2.45, 2.75) is 13.3 Å². The van der Waals surface area contributed by atoms with Gasteiger partial charge in [-0.15, -0.1) is 0 Å². The van der Waals surface area contributed by atoms with Gasteiger partial charge in [-0.1, -0.05) is 32.2 Å². The van der Waals surface area contributed by atoms with Gasteiger partial charge in [0.15, 0.2) is 0 Å². The maximum Gasteiger partial charge on any atom is 0.232 e. The largest absolute Gasteiger partial charge is 0.495 e. The van der Waals surface area contributed by atoms with Crippen LogP contribution in [-0.4, -0.2) is 48.8 Å². The van der Waals surface area contributed by atoms with Gasteiger partial charge in [-0.25, -0.2) is 13.4 Å². The van der Waals surface area contributed by atoms with E-state index in [0.29, 0.717) is 51.2 Å². The zero-order valence-electron chi connectivity index (χ0n) is 21.7. The van der Waals surface area contributed by atoms with Crippen LogP contribution in [0.5, 0.6) is 5.75 Å². The van der Waals surface area contributed by atoms with Crippen molar-refractivity contribution in [1.82, 2.24) is 19.9 Å². The monoisotopic (exact) mass is 531 g/mol. The van der Waals surface area contributed by atoms with E-state index in [1.54, 1.807) is 43.8 Å². The maximum atomic E-state index is 12.5. The third-order valence-corrected chi connectivity index (χ3v) is 7.20. The van der Waals surface area contributed by atoms with E-state index in [9.17, 15) is 8.42 Å². The van der Waals surface area contributed by atoms with Crippen molar-refractivity contribution in [3.05, 3.63) is 72.7 Å². The Balaban J connectivity index is 1.80. The quantitative estimate of drug-likeness (QED) is 0.286. The summed E-state index contributed by atoms with van der Waals surface area (Å²) in [5, 5.41) is 6.49. The zero-order valence-corrected chi connectivity index (χ0v) is 22.5. The number of anilines is 5. The Bertz CT molecular complexity index is 1640. The lowest BCUT2D eigenvalue weighted by Crippen LogP contribution is -2.26. The SMILES string of the molecule is C=Cc1cc(OC)c(Nc2ncc(C=C)c(Nc3ccc4nccnc4c3N(C)S(C)(=O)=O)n2)cc1CC. The Morgan fingerprint density at radius 3 is 2.42 bits per heavy atom. The van der Waals surface area contributed by atoms with Crippen molar-refractivity contribution >= 4 is 62.0 Å². The summed E-state index contributed by atoms with van der Waals surface area (Å²) in [6, 6.07) is 7.39. The van der Waals surface area contributed by atoms with Crippen LogP contribution in [-0.2, 0) is 16.4 Å². The Morgan fingerprint density at radius 1 is 1.03 bits per heavy atom. The highest BCUT2D eigenvalue weighted by atomic mass is 32.2. The van der Waals surface area contributed by atoms with Gasteiger partial charge in [-0.3, -0.25) is 14.3 Å². The van der Waals surface area contributed by atoms with Crippen molar-refractivity contribution in [2.24, 2.45) is 0 Å². The molecule has 0 aliphatic rings. The third-order valence-electron chi connectivity index (χ3n) is 6.02. The zero-order chi connectivity index (χ0) is 27.4. The summed E-state index contributed by atoms with van der Waals surface area (Å²) in [5.74, 6) is 1.35. The van der Waals surface area contributed by atoms with Gasteiger partial charge in [-0.2, -0.15) is 4.98 Å². The summed E-state index contributed by atoms with van der Waals surface area (Å²) in [6.07, 6.45) is 10.0. The van der Waals surface area contributed by atoms with Crippen LogP contribution >= 0.6 is 0 Å². The molecule has 2 N–H and O–H groups in total. The van der Waals surface area contributed by atoms with Crippen LogP contribution in [0.2, 0.25) is 0 Å². The van der Waals surface area contributed by atoms with Crippen molar-refractivity contribution < 1.29 is 13.2 Å². The molecular weight excluding hydrogens is 502 g/mol. The molecule has 0 radical (unpaired) electrons. The molecule has 0 atom stereocenters. The van der Waals surface area contributed by atoms with Crippen LogP contribution in [0.3, 0.4) is 0 Å². The fraction of sp³-hybridized carbons (Fsp3) is 0.185. The molecular formula is C27H29N7O3S. The number of nitrogens with zero attached hydrogens (tertiary/aromatic N) is 5. The number of rotatable bonds is 10. The summed E-state index contributed by atoms with van der Waals surface area (Å²) in [7, 11) is -0.546. The minimum Gasteiger partial charge on any atom is -0.495 e. The van der Waals surface area contributed by atoms with E-state index in [2.05, 4.69) is 50.7 Å². The van der Waals surface area contributed by atoms with Crippen molar-refractivity contribution in [2.75, 3.05) is 35.4 Å².